The van der Waals surface area contributed by atoms with E-state index in [1.165, 1.54) is 16.8 Å². The fourth-order valence-corrected chi connectivity index (χ4v) is 4.08. The summed E-state index contributed by atoms with van der Waals surface area (Å²) in [5.41, 5.74) is 2.90. The highest BCUT2D eigenvalue weighted by atomic mass is 32.2. The summed E-state index contributed by atoms with van der Waals surface area (Å²) in [7, 11) is -1.73. The van der Waals surface area contributed by atoms with Gasteiger partial charge in [0.15, 0.2) is 0 Å². The summed E-state index contributed by atoms with van der Waals surface area (Å²) in [4.78, 5) is 26.2. The molecule has 2 aromatic carbocycles. The SMILES string of the molecule is COC(Cc1cc(-n2ccc(=O)[nH]c2=O)cc(C(C)(C)C)c1)c1ccc(NS(C)(=O)=O)cc1. The van der Waals surface area contributed by atoms with Crippen LogP contribution in [0.2, 0.25) is 0 Å². The minimum Gasteiger partial charge on any atom is -0.376 e. The van der Waals surface area contributed by atoms with Crippen molar-refractivity contribution in [2.45, 2.75) is 38.7 Å². The molecule has 33 heavy (non-hydrogen) atoms. The zero-order valence-electron chi connectivity index (χ0n) is 19.4. The highest BCUT2D eigenvalue weighted by molar-refractivity contribution is 7.92. The second kappa shape index (κ2) is 9.36. The first-order chi connectivity index (χ1) is 15.4. The molecule has 2 N–H and O–H groups in total. The third-order valence-electron chi connectivity index (χ3n) is 5.24. The van der Waals surface area contributed by atoms with Crippen LogP contribution in [0, 0.1) is 0 Å². The maximum Gasteiger partial charge on any atom is 0.332 e. The largest absolute Gasteiger partial charge is 0.376 e. The molecule has 0 spiro atoms. The summed E-state index contributed by atoms with van der Waals surface area (Å²) in [5.74, 6) is 0. The molecule has 8 nitrogen and oxygen atoms in total. The van der Waals surface area contributed by atoms with Gasteiger partial charge in [-0.3, -0.25) is 19.1 Å². The molecule has 176 valence electrons. The quantitative estimate of drug-likeness (QED) is 0.550. The molecular formula is C24H29N3O5S. The lowest BCUT2D eigenvalue weighted by molar-refractivity contribution is 0.104. The van der Waals surface area contributed by atoms with Crippen LogP contribution in [-0.4, -0.2) is 31.3 Å². The summed E-state index contributed by atoms with van der Waals surface area (Å²) < 4.78 is 32.5. The molecule has 0 amide bonds. The Kier molecular flexibility index (Phi) is 6.94. The van der Waals surface area contributed by atoms with E-state index in [9.17, 15) is 18.0 Å². The van der Waals surface area contributed by atoms with Crippen molar-refractivity contribution in [1.82, 2.24) is 9.55 Å². The number of rotatable bonds is 7. The summed E-state index contributed by atoms with van der Waals surface area (Å²) >= 11 is 0. The number of anilines is 1. The lowest BCUT2D eigenvalue weighted by atomic mass is 9.85. The lowest BCUT2D eigenvalue weighted by Crippen LogP contribution is -2.28. The van der Waals surface area contributed by atoms with E-state index in [1.807, 2.05) is 24.3 Å². The Labute approximate surface area is 193 Å². The minimum atomic E-state index is -3.35. The molecule has 1 unspecified atom stereocenters. The van der Waals surface area contributed by atoms with E-state index < -0.39 is 21.3 Å². The Morgan fingerprint density at radius 2 is 1.73 bits per heavy atom. The number of benzene rings is 2. The van der Waals surface area contributed by atoms with Gasteiger partial charge in [0.25, 0.3) is 5.56 Å². The van der Waals surface area contributed by atoms with Crippen LogP contribution in [0.1, 0.15) is 43.6 Å². The lowest BCUT2D eigenvalue weighted by Gasteiger charge is -2.23. The number of methoxy groups -OCH3 is 1. The average Bonchev–Trinajstić information content (AvgIpc) is 2.70. The second-order valence-electron chi connectivity index (χ2n) is 9.04. The van der Waals surface area contributed by atoms with Crippen molar-refractivity contribution in [3.63, 3.8) is 0 Å². The number of sulfonamides is 1. The summed E-state index contributed by atoms with van der Waals surface area (Å²) in [6.45, 7) is 6.27. The van der Waals surface area contributed by atoms with Gasteiger partial charge in [-0.2, -0.15) is 0 Å². The number of nitrogens with one attached hydrogen (secondary N) is 2. The number of ether oxygens (including phenoxy) is 1. The third kappa shape index (κ3) is 6.43. The first-order valence-corrected chi connectivity index (χ1v) is 12.3. The third-order valence-corrected chi connectivity index (χ3v) is 5.84. The Hall–Kier alpha value is -3.17. The van der Waals surface area contributed by atoms with Gasteiger partial charge in [0.05, 0.1) is 18.0 Å². The predicted molar refractivity (Wildman–Crippen MR) is 130 cm³/mol. The highest BCUT2D eigenvalue weighted by Gasteiger charge is 2.19. The number of aromatic nitrogens is 2. The number of hydrogen-bond acceptors (Lipinski definition) is 5. The van der Waals surface area contributed by atoms with Gasteiger partial charge in [0, 0.05) is 31.5 Å². The first kappa shape index (κ1) is 24.5. The fourth-order valence-electron chi connectivity index (χ4n) is 3.52. The minimum absolute atomic E-state index is 0.169. The molecule has 0 fully saturated rings. The van der Waals surface area contributed by atoms with E-state index >= 15 is 0 Å². The van der Waals surface area contributed by atoms with Crippen molar-refractivity contribution in [3.05, 3.63) is 92.3 Å². The van der Waals surface area contributed by atoms with Crippen LogP contribution in [-0.2, 0) is 26.6 Å². The van der Waals surface area contributed by atoms with Gasteiger partial charge < -0.3 is 4.74 Å². The molecule has 3 rings (SSSR count). The van der Waals surface area contributed by atoms with Crippen molar-refractivity contribution >= 4 is 15.7 Å². The van der Waals surface area contributed by atoms with E-state index in [0.29, 0.717) is 17.8 Å². The van der Waals surface area contributed by atoms with Crippen LogP contribution in [0.25, 0.3) is 5.69 Å². The maximum absolute atomic E-state index is 12.4. The molecule has 0 aliphatic heterocycles. The van der Waals surface area contributed by atoms with Crippen LogP contribution in [0.4, 0.5) is 5.69 Å². The summed E-state index contributed by atoms with van der Waals surface area (Å²) in [6, 6.07) is 14.3. The molecular weight excluding hydrogens is 442 g/mol. The van der Waals surface area contributed by atoms with E-state index in [-0.39, 0.29) is 11.5 Å². The normalized spacial score (nSPS) is 13.0. The molecule has 0 aliphatic rings. The Balaban J connectivity index is 1.98. The van der Waals surface area contributed by atoms with Gasteiger partial charge >= 0.3 is 5.69 Å². The number of nitrogens with zero attached hydrogens (tertiary/aromatic N) is 1. The van der Waals surface area contributed by atoms with E-state index in [2.05, 4.69) is 36.5 Å². The fraction of sp³-hybridized carbons (Fsp3) is 0.333. The molecule has 0 bridgehead atoms. The molecule has 1 heterocycles. The van der Waals surface area contributed by atoms with Gasteiger partial charge in [-0.15, -0.1) is 0 Å². The van der Waals surface area contributed by atoms with Gasteiger partial charge in [-0.1, -0.05) is 39.0 Å². The topological polar surface area (TPSA) is 110 Å². The molecule has 0 saturated carbocycles. The molecule has 0 aliphatic carbocycles. The molecule has 1 aromatic heterocycles. The smallest absolute Gasteiger partial charge is 0.332 e. The first-order valence-electron chi connectivity index (χ1n) is 10.4. The van der Waals surface area contributed by atoms with Gasteiger partial charge in [0.2, 0.25) is 10.0 Å². The predicted octanol–water partition coefficient (Wildman–Crippen LogP) is 3.13. The molecule has 0 radical (unpaired) electrons. The second-order valence-corrected chi connectivity index (χ2v) is 10.8. The monoisotopic (exact) mass is 471 g/mol. The van der Waals surface area contributed by atoms with E-state index in [1.54, 1.807) is 19.2 Å². The Morgan fingerprint density at radius 1 is 1.06 bits per heavy atom. The van der Waals surface area contributed by atoms with Crippen molar-refractivity contribution in [2.24, 2.45) is 0 Å². The van der Waals surface area contributed by atoms with Gasteiger partial charge in [-0.25, -0.2) is 13.2 Å². The van der Waals surface area contributed by atoms with Crippen LogP contribution in [0.5, 0.6) is 0 Å². The zero-order chi connectivity index (χ0) is 24.4. The zero-order valence-corrected chi connectivity index (χ0v) is 20.2. The number of H-pyrrole nitrogens is 1. The Bertz CT molecular complexity index is 1350. The van der Waals surface area contributed by atoms with Gasteiger partial charge in [-0.05, 0) is 46.4 Å². The van der Waals surface area contributed by atoms with Crippen molar-refractivity contribution in [2.75, 3.05) is 18.1 Å². The van der Waals surface area contributed by atoms with Crippen molar-refractivity contribution in [1.29, 1.82) is 0 Å². The van der Waals surface area contributed by atoms with E-state index in [4.69, 9.17) is 4.74 Å². The van der Waals surface area contributed by atoms with E-state index in [0.717, 1.165) is 22.9 Å². The molecule has 1 atom stereocenters. The van der Waals surface area contributed by atoms with Crippen LogP contribution < -0.4 is 16.0 Å². The standard InChI is InChI=1S/C24H29N3O5S/c1-24(2,3)18-12-16(13-20(15-18)27-11-10-22(28)25-23(27)29)14-21(32-4)17-6-8-19(9-7-17)26-33(5,30)31/h6-13,15,21,26H,14H2,1-5H3,(H,25,28,29). The molecule has 3 aromatic rings. The average molecular weight is 472 g/mol. The number of hydrogen-bond donors (Lipinski definition) is 2. The highest BCUT2D eigenvalue weighted by Crippen LogP contribution is 2.29. The van der Waals surface area contributed by atoms with Gasteiger partial charge in [0.1, 0.15) is 0 Å². The van der Waals surface area contributed by atoms with Crippen molar-refractivity contribution < 1.29 is 13.2 Å². The Morgan fingerprint density at radius 3 is 2.27 bits per heavy atom. The summed E-state index contributed by atoms with van der Waals surface area (Å²) in [6.07, 6.45) is 2.82. The van der Waals surface area contributed by atoms with Crippen LogP contribution >= 0.6 is 0 Å². The van der Waals surface area contributed by atoms with Crippen LogP contribution in [0.15, 0.2) is 64.3 Å². The maximum atomic E-state index is 12.4. The van der Waals surface area contributed by atoms with Crippen LogP contribution in [0.3, 0.4) is 0 Å². The number of aromatic amines is 1. The summed E-state index contributed by atoms with van der Waals surface area (Å²) in [5, 5.41) is 0. The van der Waals surface area contributed by atoms with Crippen molar-refractivity contribution in [3.8, 4) is 5.69 Å². The molecule has 9 heteroatoms. The molecule has 0 saturated heterocycles.